The second-order valence-electron chi connectivity index (χ2n) is 7.00. The van der Waals surface area contributed by atoms with Gasteiger partial charge >= 0.3 is 0 Å². The summed E-state index contributed by atoms with van der Waals surface area (Å²) >= 11 is 1.91. The number of amides is 2. The van der Waals surface area contributed by atoms with E-state index >= 15 is 0 Å². The summed E-state index contributed by atoms with van der Waals surface area (Å²) in [6.07, 6.45) is 6.38. The summed E-state index contributed by atoms with van der Waals surface area (Å²) < 4.78 is 10.7. The smallest absolute Gasteiger partial charge is 0.287 e. The molecule has 152 valence electrons. The van der Waals surface area contributed by atoms with Gasteiger partial charge < -0.3 is 19.8 Å². The number of thioether (sulfide) groups is 1. The van der Waals surface area contributed by atoms with Crippen molar-refractivity contribution in [2.75, 3.05) is 26.8 Å². The summed E-state index contributed by atoms with van der Waals surface area (Å²) in [5.41, 5.74) is 1.62. The minimum Gasteiger partial charge on any atom is -0.451 e. The zero-order chi connectivity index (χ0) is 19.8. The van der Waals surface area contributed by atoms with E-state index in [-0.39, 0.29) is 18.4 Å². The van der Waals surface area contributed by atoms with Crippen LogP contribution in [0.1, 0.15) is 48.2 Å². The lowest BCUT2D eigenvalue weighted by Crippen LogP contribution is -2.38. The highest BCUT2D eigenvalue weighted by atomic mass is 32.2. The number of furan rings is 1. The Balaban J connectivity index is 1.66. The number of carbonyl (C=O) groups excluding carboxylic acids is 2. The molecule has 0 spiro atoms. The summed E-state index contributed by atoms with van der Waals surface area (Å²) in [6.45, 7) is 0.764. The molecule has 3 rings (SSSR count). The molecule has 0 unspecified atom stereocenters. The molecule has 1 aromatic heterocycles. The van der Waals surface area contributed by atoms with Crippen molar-refractivity contribution in [3.05, 3.63) is 35.6 Å². The molecule has 2 aromatic rings. The first-order valence-electron chi connectivity index (χ1n) is 9.85. The SMILES string of the molecule is COCCNC(=O)CNC(=O)c1oc2ccccc2c1CSC1CCCCC1. The van der Waals surface area contributed by atoms with Crippen LogP contribution in [0.25, 0.3) is 11.0 Å². The number of nitrogens with one attached hydrogen (secondary N) is 2. The third kappa shape index (κ3) is 5.52. The van der Waals surface area contributed by atoms with E-state index in [0.29, 0.717) is 29.7 Å². The maximum absolute atomic E-state index is 12.7. The number of hydrogen-bond donors (Lipinski definition) is 2. The molecule has 6 nitrogen and oxygen atoms in total. The fourth-order valence-corrected chi connectivity index (χ4v) is 4.81. The fraction of sp³-hybridized carbons (Fsp3) is 0.524. The molecule has 1 heterocycles. The van der Waals surface area contributed by atoms with Gasteiger partial charge in [-0.25, -0.2) is 0 Å². The van der Waals surface area contributed by atoms with Crippen LogP contribution in [0.15, 0.2) is 28.7 Å². The number of methoxy groups -OCH3 is 1. The molecular formula is C21H28N2O4S. The molecule has 0 bridgehead atoms. The first-order valence-corrected chi connectivity index (χ1v) is 10.9. The predicted molar refractivity (Wildman–Crippen MR) is 112 cm³/mol. The second-order valence-corrected chi connectivity index (χ2v) is 8.29. The first kappa shape index (κ1) is 20.7. The summed E-state index contributed by atoms with van der Waals surface area (Å²) in [7, 11) is 1.57. The van der Waals surface area contributed by atoms with Crippen LogP contribution in [0, 0.1) is 0 Å². The highest BCUT2D eigenvalue weighted by molar-refractivity contribution is 7.99. The van der Waals surface area contributed by atoms with Crippen molar-refractivity contribution in [2.24, 2.45) is 0 Å². The number of carbonyl (C=O) groups is 2. The number of fused-ring (bicyclic) bond motifs is 1. The van der Waals surface area contributed by atoms with E-state index in [4.69, 9.17) is 9.15 Å². The molecule has 2 amide bonds. The van der Waals surface area contributed by atoms with Crippen molar-refractivity contribution >= 4 is 34.5 Å². The van der Waals surface area contributed by atoms with E-state index < -0.39 is 0 Å². The van der Waals surface area contributed by atoms with Crippen molar-refractivity contribution in [3.63, 3.8) is 0 Å². The molecule has 1 aliphatic rings. The van der Waals surface area contributed by atoms with Crippen molar-refractivity contribution in [2.45, 2.75) is 43.1 Å². The van der Waals surface area contributed by atoms with Gasteiger partial charge in [-0.05, 0) is 18.9 Å². The molecule has 0 atom stereocenters. The van der Waals surface area contributed by atoms with Crippen molar-refractivity contribution < 1.29 is 18.7 Å². The van der Waals surface area contributed by atoms with Gasteiger partial charge in [-0.1, -0.05) is 37.5 Å². The van der Waals surface area contributed by atoms with E-state index in [2.05, 4.69) is 10.6 Å². The normalized spacial score (nSPS) is 14.9. The Bertz CT molecular complexity index is 799. The van der Waals surface area contributed by atoms with E-state index in [1.165, 1.54) is 32.1 Å². The summed E-state index contributed by atoms with van der Waals surface area (Å²) in [6, 6.07) is 7.72. The van der Waals surface area contributed by atoms with Crippen LogP contribution in [0.4, 0.5) is 0 Å². The Morgan fingerprint density at radius 2 is 1.96 bits per heavy atom. The quantitative estimate of drug-likeness (QED) is 0.626. The second kappa shape index (κ2) is 10.5. The van der Waals surface area contributed by atoms with Gasteiger partial charge in [0.25, 0.3) is 5.91 Å². The lowest BCUT2D eigenvalue weighted by atomic mass is 10.0. The summed E-state index contributed by atoms with van der Waals surface area (Å²) in [4.78, 5) is 24.5. The minimum atomic E-state index is -0.350. The molecule has 0 saturated heterocycles. The third-order valence-electron chi connectivity index (χ3n) is 4.96. The minimum absolute atomic E-state index is 0.0885. The van der Waals surface area contributed by atoms with Gasteiger partial charge in [0, 0.05) is 35.6 Å². The fourth-order valence-electron chi connectivity index (χ4n) is 3.45. The Hall–Kier alpha value is -1.99. The Morgan fingerprint density at radius 1 is 1.18 bits per heavy atom. The van der Waals surface area contributed by atoms with Crippen LogP contribution in [0.3, 0.4) is 0 Å². The maximum Gasteiger partial charge on any atom is 0.287 e. The molecule has 2 N–H and O–H groups in total. The largest absolute Gasteiger partial charge is 0.451 e. The van der Waals surface area contributed by atoms with E-state index in [9.17, 15) is 9.59 Å². The van der Waals surface area contributed by atoms with Crippen LogP contribution in [0.5, 0.6) is 0 Å². The number of benzene rings is 1. The van der Waals surface area contributed by atoms with Crippen molar-refractivity contribution in [1.29, 1.82) is 0 Å². The third-order valence-corrected chi connectivity index (χ3v) is 6.36. The van der Waals surface area contributed by atoms with Crippen LogP contribution in [-0.4, -0.2) is 43.9 Å². The van der Waals surface area contributed by atoms with Crippen LogP contribution in [-0.2, 0) is 15.3 Å². The molecular weight excluding hydrogens is 376 g/mol. The highest BCUT2D eigenvalue weighted by Crippen LogP contribution is 2.34. The molecule has 1 fully saturated rings. The van der Waals surface area contributed by atoms with Gasteiger partial charge in [0.2, 0.25) is 5.91 Å². The molecule has 7 heteroatoms. The standard InChI is InChI=1S/C21H28N2O4S/c1-26-12-11-22-19(24)13-23-21(25)20-17(14-28-15-7-3-2-4-8-15)16-9-5-6-10-18(16)27-20/h5-6,9-10,15H,2-4,7-8,11-14H2,1H3,(H,22,24)(H,23,25). The molecule has 1 aliphatic carbocycles. The Morgan fingerprint density at radius 3 is 2.75 bits per heavy atom. The van der Waals surface area contributed by atoms with Gasteiger partial charge in [0.15, 0.2) is 5.76 Å². The molecule has 0 radical (unpaired) electrons. The molecule has 28 heavy (non-hydrogen) atoms. The maximum atomic E-state index is 12.7. The van der Waals surface area contributed by atoms with Crippen LogP contribution in [0.2, 0.25) is 0 Å². The Kier molecular flexibility index (Phi) is 7.80. The average molecular weight is 405 g/mol. The predicted octanol–water partition coefficient (Wildman–Crippen LogP) is 3.49. The monoisotopic (exact) mass is 404 g/mol. The van der Waals surface area contributed by atoms with E-state index in [0.717, 1.165) is 16.7 Å². The van der Waals surface area contributed by atoms with Gasteiger partial charge in [-0.3, -0.25) is 9.59 Å². The zero-order valence-corrected chi connectivity index (χ0v) is 17.1. The Labute approximate surface area is 169 Å². The van der Waals surface area contributed by atoms with E-state index in [1.807, 2.05) is 36.0 Å². The van der Waals surface area contributed by atoms with E-state index in [1.54, 1.807) is 7.11 Å². The summed E-state index contributed by atoms with van der Waals surface area (Å²) in [5.74, 6) is 0.455. The number of ether oxygens (including phenoxy) is 1. The lowest BCUT2D eigenvalue weighted by molar-refractivity contribution is -0.120. The molecule has 1 saturated carbocycles. The zero-order valence-electron chi connectivity index (χ0n) is 16.3. The molecule has 0 aliphatic heterocycles. The van der Waals surface area contributed by atoms with Gasteiger partial charge in [-0.2, -0.15) is 11.8 Å². The number of para-hydroxylation sites is 1. The summed E-state index contributed by atoms with van der Waals surface area (Å²) in [5, 5.41) is 6.97. The van der Waals surface area contributed by atoms with Gasteiger partial charge in [-0.15, -0.1) is 0 Å². The topological polar surface area (TPSA) is 80.6 Å². The lowest BCUT2D eigenvalue weighted by Gasteiger charge is -2.20. The van der Waals surface area contributed by atoms with Gasteiger partial charge in [0.05, 0.1) is 13.2 Å². The first-order chi connectivity index (χ1) is 13.7. The number of rotatable bonds is 9. The van der Waals surface area contributed by atoms with Crippen molar-refractivity contribution in [1.82, 2.24) is 10.6 Å². The van der Waals surface area contributed by atoms with Crippen LogP contribution < -0.4 is 10.6 Å². The molecule has 1 aromatic carbocycles. The average Bonchev–Trinajstić information content (AvgIpc) is 3.10. The van der Waals surface area contributed by atoms with Gasteiger partial charge in [0.1, 0.15) is 5.58 Å². The van der Waals surface area contributed by atoms with Crippen molar-refractivity contribution in [3.8, 4) is 0 Å². The number of hydrogen-bond acceptors (Lipinski definition) is 5. The van der Waals surface area contributed by atoms with Crippen LogP contribution >= 0.6 is 11.8 Å². The highest BCUT2D eigenvalue weighted by Gasteiger charge is 2.22.